The third-order valence-corrected chi connectivity index (χ3v) is 2.16. The highest BCUT2D eigenvalue weighted by atomic mass is 16.1. The molecule has 2 aromatic heterocycles. The van der Waals surface area contributed by atoms with Crippen molar-refractivity contribution in [1.82, 2.24) is 25.3 Å². The van der Waals surface area contributed by atoms with Gasteiger partial charge in [0.1, 0.15) is 5.82 Å². The van der Waals surface area contributed by atoms with Gasteiger partial charge in [0.2, 0.25) is 0 Å². The first-order valence-corrected chi connectivity index (χ1v) is 4.71. The maximum Gasteiger partial charge on any atom is 0.254 e. The van der Waals surface area contributed by atoms with Crippen LogP contribution in [0.4, 0.5) is 5.82 Å². The highest BCUT2D eigenvalue weighted by Crippen LogP contribution is 2.05. The Labute approximate surface area is 91.6 Å². The van der Waals surface area contributed by atoms with Gasteiger partial charge in [0.05, 0.1) is 18.0 Å². The van der Waals surface area contributed by atoms with Crippen molar-refractivity contribution in [2.24, 2.45) is 7.05 Å². The fourth-order valence-electron chi connectivity index (χ4n) is 1.28. The van der Waals surface area contributed by atoms with E-state index in [2.05, 4.69) is 20.6 Å². The van der Waals surface area contributed by atoms with Crippen LogP contribution in [0.3, 0.4) is 0 Å². The van der Waals surface area contributed by atoms with Crippen LogP contribution in [-0.4, -0.2) is 25.9 Å². The summed E-state index contributed by atoms with van der Waals surface area (Å²) in [6.45, 7) is 0.343. The van der Waals surface area contributed by atoms with Gasteiger partial charge in [-0.15, -0.1) is 0 Å². The number of aryl methyl sites for hydroxylation is 1. The molecule has 0 aromatic carbocycles. The van der Waals surface area contributed by atoms with E-state index in [9.17, 15) is 4.79 Å². The molecule has 0 aliphatic heterocycles. The predicted octanol–water partition coefficient (Wildman–Crippen LogP) is -0.345. The van der Waals surface area contributed by atoms with Gasteiger partial charge in [0.15, 0.2) is 0 Å². The zero-order valence-electron chi connectivity index (χ0n) is 8.77. The molecule has 2 aromatic rings. The number of amides is 1. The molecule has 0 fully saturated rings. The number of nitrogens with two attached hydrogens (primary N) is 1. The summed E-state index contributed by atoms with van der Waals surface area (Å²) in [6.07, 6.45) is 4.74. The van der Waals surface area contributed by atoms with Crippen LogP contribution in [0.15, 0.2) is 18.6 Å². The molecule has 4 N–H and O–H groups in total. The van der Waals surface area contributed by atoms with Crippen molar-refractivity contribution in [2.75, 3.05) is 5.73 Å². The van der Waals surface area contributed by atoms with E-state index in [1.165, 1.54) is 6.20 Å². The predicted molar refractivity (Wildman–Crippen MR) is 57.4 cm³/mol. The molecule has 0 saturated carbocycles. The van der Waals surface area contributed by atoms with Crippen molar-refractivity contribution in [3.8, 4) is 0 Å². The third kappa shape index (κ3) is 2.02. The molecule has 16 heavy (non-hydrogen) atoms. The van der Waals surface area contributed by atoms with Gasteiger partial charge in [0.25, 0.3) is 5.91 Å². The molecule has 0 bridgehead atoms. The molecule has 0 unspecified atom stereocenters. The van der Waals surface area contributed by atoms with E-state index >= 15 is 0 Å². The average Bonchev–Trinajstić information content (AvgIpc) is 2.84. The summed E-state index contributed by atoms with van der Waals surface area (Å²) in [7, 11) is 1.75. The van der Waals surface area contributed by atoms with E-state index < -0.39 is 0 Å². The Morgan fingerprint density at radius 3 is 3.00 bits per heavy atom. The van der Waals surface area contributed by atoms with Gasteiger partial charge in [-0.3, -0.25) is 14.6 Å². The third-order valence-electron chi connectivity index (χ3n) is 2.16. The minimum Gasteiger partial charge on any atom is -0.384 e. The summed E-state index contributed by atoms with van der Waals surface area (Å²) in [5.74, 6) is 0.278. The molecule has 0 aliphatic rings. The summed E-state index contributed by atoms with van der Waals surface area (Å²) in [5.41, 5.74) is 6.86. The number of aromatic amines is 1. The van der Waals surface area contributed by atoms with Gasteiger partial charge in [-0.05, 0) is 0 Å². The molecule has 2 rings (SSSR count). The molecule has 0 aliphatic carbocycles. The topological polar surface area (TPSA) is 102 Å². The quantitative estimate of drug-likeness (QED) is 0.658. The van der Waals surface area contributed by atoms with Gasteiger partial charge in [-0.2, -0.15) is 10.2 Å². The number of nitrogens with one attached hydrogen (secondary N) is 2. The molecule has 84 valence electrons. The molecule has 0 atom stereocenters. The number of carbonyl (C=O) groups is 1. The molecule has 0 radical (unpaired) electrons. The molecule has 0 spiro atoms. The summed E-state index contributed by atoms with van der Waals surface area (Å²) < 4.78 is 1.57. The highest BCUT2D eigenvalue weighted by Gasteiger charge is 2.08. The minimum absolute atomic E-state index is 0.186. The van der Waals surface area contributed by atoms with Crippen molar-refractivity contribution < 1.29 is 4.79 Å². The lowest BCUT2D eigenvalue weighted by Crippen LogP contribution is -2.22. The summed E-state index contributed by atoms with van der Waals surface area (Å²) in [6, 6.07) is 0. The van der Waals surface area contributed by atoms with Gasteiger partial charge in [0, 0.05) is 25.4 Å². The fourth-order valence-corrected chi connectivity index (χ4v) is 1.28. The highest BCUT2D eigenvalue weighted by molar-refractivity contribution is 5.93. The van der Waals surface area contributed by atoms with Crippen molar-refractivity contribution in [1.29, 1.82) is 0 Å². The van der Waals surface area contributed by atoms with Crippen LogP contribution >= 0.6 is 0 Å². The van der Waals surface area contributed by atoms with E-state index in [0.29, 0.717) is 17.9 Å². The molecular weight excluding hydrogens is 208 g/mol. The minimum atomic E-state index is -0.186. The Balaban J connectivity index is 1.96. The molecule has 2 heterocycles. The maximum absolute atomic E-state index is 11.6. The van der Waals surface area contributed by atoms with Crippen molar-refractivity contribution in [2.45, 2.75) is 6.54 Å². The second-order valence-electron chi connectivity index (χ2n) is 3.39. The Kier molecular flexibility index (Phi) is 2.59. The second-order valence-corrected chi connectivity index (χ2v) is 3.39. The summed E-state index contributed by atoms with van der Waals surface area (Å²) >= 11 is 0. The van der Waals surface area contributed by atoms with Gasteiger partial charge >= 0.3 is 0 Å². The first kappa shape index (κ1) is 10.2. The monoisotopic (exact) mass is 220 g/mol. The second kappa shape index (κ2) is 4.05. The van der Waals surface area contributed by atoms with Crippen molar-refractivity contribution in [3.63, 3.8) is 0 Å². The number of nitrogens with zero attached hydrogens (tertiary/aromatic N) is 3. The number of anilines is 1. The van der Waals surface area contributed by atoms with E-state index in [1.54, 1.807) is 24.1 Å². The fraction of sp³-hybridized carbons (Fsp3) is 0.222. The van der Waals surface area contributed by atoms with Crippen LogP contribution in [0.2, 0.25) is 0 Å². The van der Waals surface area contributed by atoms with E-state index in [4.69, 9.17) is 5.73 Å². The van der Waals surface area contributed by atoms with Crippen LogP contribution < -0.4 is 11.1 Å². The van der Waals surface area contributed by atoms with E-state index in [0.717, 1.165) is 5.56 Å². The maximum atomic E-state index is 11.6. The molecule has 0 saturated heterocycles. The number of hydrogen-bond donors (Lipinski definition) is 3. The Morgan fingerprint density at radius 2 is 2.44 bits per heavy atom. The van der Waals surface area contributed by atoms with Crippen LogP contribution in [-0.2, 0) is 13.6 Å². The molecule has 7 nitrogen and oxygen atoms in total. The lowest BCUT2D eigenvalue weighted by Gasteiger charge is -2.01. The SMILES string of the molecule is Cn1cc(C(=O)NCc2cn[nH]c2N)cn1. The zero-order chi connectivity index (χ0) is 11.5. The standard InChI is InChI=1S/C9H12N6O/c1-15-5-7(4-13-15)9(16)11-2-6-3-12-14-8(6)10/h3-5H,2H2,1H3,(H,11,16)(H3,10,12,14). The van der Waals surface area contributed by atoms with Gasteiger partial charge in [-0.25, -0.2) is 0 Å². The normalized spacial score (nSPS) is 10.3. The van der Waals surface area contributed by atoms with E-state index in [1.807, 2.05) is 0 Å². The van der Waals surface area contributed by atoms with Gasteiger partial charge in [-0.1, -0.05) is 0 Å². The lowest BCUT2D eigenvalue weighted by atomic mass is 10.3. The number of nitrogen functional groups attached to an aromatic ring is 1. The largest absolute Gasteiger partial charge is 0.384 e. The van der Waals surface area contributed by atoms with Crippen LogP contribution in [0.25, 0.3) is 0 Å². The smallest absolute Gasteiger partial charge is 0.254 e. The molecular formula is C9H12N6O. The van der Waals surface area contributed by atoms with Crippen molar-refractivity contribution in [3.05, 3.63) is 29.7 Å². The number of rotatable bonds is 3. The average molecular weight is 220 g/mol. The van der Waals surface area contributed by atoms with Gasteiger partial charge < -0.3 is 11.1 Å². The van der Waals surface area contributed by atoms with Crippen molar-refractivity contribution >= 4 is 11.7 Å². The number of hydrogen-bond acceptors (Lipinski definition) is 4. The molecule has 7 heteroatoms. The number of H-pyrrole nitrogens is 1. The summed E-state index contributed by atoms with van der Waals surface area (Å²) in [5, 5.41) is 13.0. The Morgan fingerprint density at radius 1 is 1.62 bits per heavy atom. The number of aromatic nitrogens is 4. The van der Waals surface area contributed by atoms with E-state index in [-0.39, 0.29) is 5.91 Å². The number of carbonyl (C=O) groups excluding carboxylic acids is 1. The van der Waals surface area contributed by atoms with Crippen LogP contribution in [0.5, 0.6) is 0 Å². The lowest BCUT2D eigenvalue weighted by molar-refractivity contribution is 0.0951. The zero-order valence-corrected chi connectivity index (χ0v) is 8.77. The Hall–Kier alpha value is -2.31. The first-order chi connectivity index (χ1) is 7.66. The van der Waals surface area contributed by atoms with Crippen LogP contribution in [0.1, 0.15) is 15.9 Å². The Bertz CT molecular complexity index is 500. The summed E-state index contributed by atoms with van der Waals surface area (Å²) in [4.78, 5) is 11.6. The first-order valence-electron chi connectivity index (χ1n) is 4.71. The van der Waals surface area contributed by atoms with Crippen LogP contribution in [0, 0.1) is 0 Å². The molecule has 1 amide bonds.